The summed E-state index contributed by atoms with van der Waals surface area (Å²) in [6, 6.07) is 30.1. The Kier molecular flexibility index (Phi) is 7.76. The van der Waals surface area contributed by atoms with E-state index in [9.17, 15) is 14.4 Å². The van der Waals surface area contributed by atoms with Crippen molar-refractivity contribution in [2.45, 2.75) is 31.5 Å². The van der Waals surface area contributed by atoms with E-state index in [0.717, 1.165) is 16.7 Å². The summed E-state index contributed by atoms with van der Waals surface area (Å²) in [6.45, 7) is 5.11. The van der Waals surface area contributed by atoms with Gasteiger partial charge >= 0.3 is 5.97 Å². The van der Waals surface area contributed by atoms with Crippen molar-refractivity contribution in [1.82, 2.24) is 14.7 Å². The summed E-state index contributed by atoms with van der Waals surface area (Å²) in [5, 5.41) is 0. The van der Waals surface area contributed by atoms with E-state index in [4.69, 9.17) is 4.74 Å². The Bertz CT molecular complexity index is 1240. The normalized spacial score (nSPS) is 19.5. The molecule has 0 aromatic heterocycles. The van der Waals surface area contributed by atoms with Crippen LogP contribution in [0.1, 0.15) is 30.5 Å². The van der Waals surface area contributed by atoms with Gasteiger partial charge in [-0.3, -0.25) is 14.5 Å². The summed E-state index contributed by atoms with van der Waals surface area (Å²) in [4.78, 5) is 44.8. The lowest BCUT2D eigenvalue weighted by Gasteiger charge is -2.42. The number of methoxy groups -OCH3 is 1. The van der Waals surface area contributed by atoms with Crippen molar-refractivity contribution in [2.75, 3.05) is 33.8 Å². The Labute approximate surface area is 236 Å². The molecule has 3 aromatic carbocycles. The molecule has 0 aliphatic carbocycles. The van der Waals surface area contributed by atoms with Crippen molar-refractivity contribution < 1.29 is 19.1 Å². The molecule has 2 heterocycles. The van der Waals surface area contributed by atoms with Gasteiger partial charge in [-0.15, -0.1) is 0 Å². The van der Waals surface area contributed by atoms with Crippen molar-refractivity contribution in [3.05, 3.63) is 108 Å². The number of esters is 1. The molecule has 2 aliphatic rings. The minimum absolute atomic E-state index is 0.0345. The van der Waals surface area contributed by atoms with E-state index < -0.39 is 17.6 Å². The average Bonchev–Trinajstić information content (AvgIpc) is 3.75. The number of carbonyl (C=O) groups excluding carboxylic acids is 3. The number of benzene rings is 3. The second-order valence-corrected chi connectivity index (χ2v) is 11.1. The summed E-state index contributed by atoms with van der Waals surface area (Å²) < 4.78 is 4.93. The van der Waals surface area contributed by atoms with E-state index in [0.29, 0.717) is 19.6 Å². The lowest BCUT2D eigenvalue weighted by atomic mass is 9.76. The van der Waals surface area contributed by atoms with E-state index in [1.54, 1.807) is 11.9 Å². The highest BCUT2D eigenvalue weighted by molar-refractivity contribution is 5.91. The molecule has 40 heavy (non-hydrogen) atoms. The largest absolute Gasteiger partial charge is 0.467 e. The third kappa shape index (κ3) is 4.79. The summed E-state index contributed by atoms with van der Waals surface area (Å²) in [5.74, 6) is -0.929. The van der Waals surface area contributed by atoms with Crippen LogP contribution >= 0.6 is 0 Å². The molecule has 0 N–H and O–H groups in total. The fraction of sp³-hybridized carbons (Fsp3) is 0.364. The number of likely N-dealkylation sites (N-methyl/N-ethyl adjacent to an activating group) is 1. The van der Waals surface area contributed by atoms with Crippen LogP contribution in [0, 0.1) is 11.8 Å². The Hall–Kier alpha value is -3.97. The number of rotatable bonds is 9. The number of nitrogens with zero attached hydrogens (tertiary/aromatic N) is 3. The van der Waals surface area contributed by atoms with E-state index >= 15 is 0 Å². The molecule has 0 bridgehead atoms. The number of likely N-dealkylation sites (tertiary alicyclic amines) is 1. The Morgan fingerprint density at radius 3 is 1.65 bits per heavy atom. The van der Waals surface area contributed by atoms with Gasteiger partial charge in [0.2, 0.25) is 11.8 Å². The summed E-state index contributed by atoms with van der Waals surface area (Å²) in [6.07, 6.45) is 0. The van der Waals surface area contributed by atoms with Gasteiger partial charge in [0.05, 0.1) is 18.6 Å². The maximum absolute atomic E-state index is 13.8. The lowest BCUT2D eigenvalue weighted by Crippen LogP contribution is -2.59. The molecule has 0 radical (unpaired) electrons. The highest BCUT2D eigenvalue weighted by atomic mass is 16.5. The van der Waals surface area contributed by atoms with Gasteiger partial charge in [0, 0.05) is 26.7 Å². The Balaban J connectivity index is 1.37. The molecule has 0 saturated carbocycles. The predicted octanol–water partition coefficient (Wildman–Crippen LogP) is 3.78. The maximum Gasteiger partial charge on any atom is 0.328 e. The third-order valence-corrected chi connectivity index (χ3v) is 8.28. The van der Waals surface area contributed by atoms with Crippen LogP contribution in [0.4, 0.5) is 0 Å². The van der Waals surface area contributed by atoms with Gasteiger partial charge in [-0.1, -0.05) is 105 Å². The van der Waals surface area contributed by atoms with Gasteiger partial charge in [0.25, 0.3) is 0 Å². The molecule has 5 rings (SSSR count). The molecule has 3 aromatic rings. The second-order valence-electron chi connectivity index (χ2n) is 11.1. The highest BCUT2D eigenvalue weighted by Gasteiger charge is 2.58. The van der Waals surface area contributed by atoms with Crippen molar-refractivity contribution in [1.29, 1.82) is 0 Å². The number of hydrogen-bond acceptors (Lipinski definition) is 5. The molecule has 208 valence electrons. The van der Waals surface area contributed by atoms with Gasteiger partial charge in [0.1, 0.15) is 12.1 Å². The van der Waals surface area contributed by atoms with E-state index in [2.05, 4.69) is 41.3 Å². The Morgan fingerprint density at radius 2 is 1.25 bits per heavy atom. The molecule has 7 nitrogen and oxygen atoms in total. The number of carbonyl (C=O) groups is 3. The van der Waals surface area contributed by atoms with Crippen molar-refractivity contribution in [3.63, 3.8) is 0 Å². The van der Waals surface area contributed by atoms with E-state index in [1.165, 1.54) is 12.0 Å². The molecular weight excluding hydrogens is 502 g/mol. The van der Waals surface area contributed by atoms with Crippen LogP contribution in [0.5, 0.6) is 0 Å². The number of hydrogen-bond donors (Lipinski definition) is 0. The molecule has 2 amide bonds. The topological polar surface area (TPSA) is 69.9 Å². The summed E-state index contributed by atoms with van der Waals surface area (Å²) >= 11 is 0. The fourth-order valence-electron chi connectivity index (χ4n) is 6.21. The lowest BCUT2D eigenvalue weighted by molar-refractivity contribution is -0.159. The molecule has 2 fully saturated rings. The summed E-state index contributed by atoms with van der Waals surface area (Å²) in [7, 11) is 2.98. The molecule has 2 unspecified atom stereocenters. The van der Waals surface area contributed by atoms with Gasteiger partial charge in [-0.05, 0) is 22.6 Å². The molecule has 2 aliphatic heterocycles. The monoisotopic (exact) mass is 539 g/mol. The first-order valence-electron chi connectivity index (χ1n) is 13.9. The zero-order chi connectivity index (χ0) is 28.4. The fourth-order valence-corrected chi connectivity index (χ4v) is 6.21. The molecule has 0 spiro atoms. The van der Waals surface area contributed by atoms with Crippen LogP contribution in [0.25, 0.3) is 0 Å². The maximum atomic E-state index is 13.8. The zero-order valence-electron chi connectivity index (χ0n) is 23.6. The van der Waals surface area contributed by atoms with Crippen LogP contribution in [0.2, 0.25) is 0 Å². The minimum atomic E-state index is -0.649. The van der Waals surface area contributed by atoms with Crippen LogP contribution < -0.4 is 0 Å². The standard InChI is InChI=1S/C33H37N3O4/c1-23(2)29(32(39)40-4)34(3)30(37)24-20-35(21-24)31(38)28-22-36(28)33(25-14-8-5-9-15-25,26-16-10-6-11-17-26)27-18-12-7-13-19-27/h5-19,23-24,28-29H,20-22H2,1-4H3/t28?,29?,36-/m0/s1. The quantitative estimate of drug-likeness (QED) is 0.235. The van der Waals surface area contributed by atoms with E-state index in [1.807, 2.05) is 68.4 Å². The zero-order valence-corrected chi connectivity index (χ0v) is 23.6. The van der Waals surface area contributed by atoms with E-state index in [-0.39, 0.29) is 29.7 Å². The van der Waals surface area contributed by atoms with Crippen molar-refractivity contribution >= 4 is 17.8 Å². The summed E-state index contributed by atoms with van der Waals surface area (Å²) in [5.41, 5.74) is 2.67. The first kappa shape index (κ1) is 27.6. The van der Waals surface area contributed by atoms with Crippen molar-refractivity contribution in [3.8, 4) is 0 Å². The number of ether oxygens (including phenoxy) is 1. The van der Waals surface area contributed by atoms with Gasteiger partial charge < -0.3 is 14.5 Å². The second kappa shape index (κ2) is 11.3. The SMILES string of the molecule is COC(=O)C(C(C)C)N(C)C(=O)C1CN(C(=O)C2C[N@]2C(c2ccccc2)(c2ccccc2)c2ccccc2)C1. The average molecular weight is 540 g/mol. The minimum Gasteiger partial charge on any atom is -0.467 e. The van der Waals surface area contributed by atoms with Gasteiger partial charge in [0.15, 0.2) is 0 Å². The molecule has 2 saturated heterocycles. The van der Waals surface area contributed by atoms with Crippen molar-refractivity contribution in [2.24, 2.45) is 11.8 Å². The van der Waals surface area contributed by atoms with Crippen LogP contribution in [0.15, 0.2) is 91.0 Å². The predicted molar refractivity (Wildman–Crippen MR) is 153 cm³/mol. The van der Waals surface area contributed by atoms with Gasteiger partial charge in [-0.2, -0.15) is 0 Å². The van der Waals surface area contributed by atoms with Gasteiger partial charge in [-0.25, -0.2) is 4.79 Å². The van der Waals surface area contributed by atoms with Crippen LogP contribution in [0.3, 0.4) is 0 Å². The molecule has 3 atom stereocenters. The molecule has 7 heteroatoms. The number of amides is 2. The third-order valence-electron chi connectivity index (χ3n) is 8.28. The first-order chi connectivity index (χ1) is 19.3. The first-order valence-corrected chi connectivity index (χ1v) is 13.9. The molecular formula is C33H37N3O4. The smallest absolute Gasteiger partial charge is 0.328 e. The van der Waals surface area contributed by atoms with Crippen LogP contribution in [-0.2, 0) is 24.7 Å². The Morgan fingerprint density at radius 1 is 0.800 bits per heavy atom. The highest BCUT2D eigenvalue weighted by Crippen LogP contribution is 2.48. The van der Waals surface area contributed by atoms with Crippen LogP contribution in [-0.4, -0.2) is 78.4 Å².